The predicted molar refractivity (Wildman–Crippen MR) is 68.9 cm³/mol. The first-order chi connectivity index (χ1) is 8.13. The maximum absolute atomic E-state index is 11.4. The fourth-order valence-corrected chi connectivity index (χ4v) is 1.61. The molecule has 0 aliphatic rings. The monoisotopic (exact) mass is 253 g/mol. The zero-order valence-electron chi connectivity index (χ0n) is 9.86. The smallest absolute Gasteiger partial charge is 0.354 e. The summed E-state index contributed by atoms with van der Waals surface area (Å²) in [5, 5.41) is 0.0935. The van der Waals surface area contributed by atoms with E-state index in [9.17, 15) is 9.59 Å². The van der Waals surface area contributed by atoms with Crippen LogP contribution in [0.25, 0.3) is 6.08 Å². The van der Waals surface area contributed by atoms with E-state index in [0.29, 0.717) is 18.1 Å². The van der Waals surface area contributed by atoms with Crippen molar-refractivity contribution < 1.29 is 14.3 Å². The summed E-state index contributed by atoms with van der Waals surface area (Å²) in [5.41, 5.74) is 1.32. The third kappa shape index (κ3) is 4.91. The summed E-state index contributed by atoms with van der Waals surface area (Å²) < 4.78 is 4.86. The Morgan fingerprint density at radius 2 is 2.29 bits per heavy atom. The molecule has 0 aromatic carbocycles. The summed E-state index contributed by atoms with van der Waals surface area (Å²) in [6, 6.07) is 1.72. The van der Waals surface area contributed by atoms with E-state index in [4.69, 9.17) is 4.74 Å². The van der Waals surface area contributed by atoms with Crippen LogP contribution in [0.3, 0.4) is 0 Å². The van der Waals surface area contributed by atoms with E-state index in [0.717, 1.165) is 5.56 Å². The van der Waals surface area contributed by atoms with Crippen molar-refractivity contribution in [2.75, 3.05) is 12.4 Å². The van der Waals surface area contributed by atoms with Gasteiger partial charge in [-0.2, -0.15) is 0 Å². The van der Waals surface area contributed by atoms with Crippen LogP contribution in [-0.2, 0) is 9.53 Å². The van der Waals surface area contributed by atoms with Crippen LogP contribution in [0.1, 0.15) is 29.9 Å². The van der Waals surface area contributed by atoms with E-state index in [-0.39, 0.29) is 11.1 Å². The Balaban J connectivity index is 2.50. The second kappa shape index (κ2) is 6.96. The van der Waals surface area contributed by atoms with Crippen molar-refractivity contribution in [3.8, 4) is 0 Å². The van der Waals surface area contributed by atoms with Crippen LogP contribution in [0.2, 0.25) is 0 Å². The molecule has 0 amide bonds. The molecule has 92 valence electrons. The lowest BCUT2D eigenvalue weighted by Crippen LogP contribution is -2.04. The minimum atomic E-state index is -0.356. The van der Waals surface area contributed by atoms with Crippen LogP contribution in [0.4, 0.5) is 0 Å². The lowest BCUT2D eigenvalue weighted by Gasteiger charge is -1.96. The van der Waals surface area contributed by atoms with E-state index in [2.05, 4.69) is 4.98 Å². The highest BCUT2D eigenvalue weighted by Crippen LogP contribution is 2.08. The van der Waals surface area contributed by atoms with Crippen molar-refractivity contribution in [1.29, 1.82) is 0 Å². The van der Waals surface area contributed by atoms with E-state index in [1.54, 1.807) is 19.2 Å². The second-order valence-electron chi connectivity index (χ2n) is 3.27. The molecule has 1 rings (SSSR count). The Labute approximate surface area is 104 Å². The molecular formula is C12H15NO3S. The van der Waals surface area contributed by atoms with Gasteiger partial charge in [0.1, 0.15) is 5.69 Å². The van der Waals surface area contributed by atoms with Crippen molar-refractivity contribution in [3.63, 3.8) is 0 Å². The van der Waals surface area contributed by atoms with Crippen LogP contribution in [-0.4, -0.2) is 28.4 Å². The predicted octanol–water partition coefficient (Wildman–Crippen LogP) is 2.48. The van der Waals surface area contributed by atoms with Gasteiger partial charge in [-0.3, -0.25) is 4.79 Å². The van der Waals surface area contributed by atoms with Gasteiger partial charge in [0.15, 0.2) is 5.12 Å². The largest absolute Gasteiger partial charge is 0.461 e. The first-order valence-corrected chi connectivity index (χ1v) is 6.27. The van der Waals surface area contributed by atoms with E-state index < -0.39 is 0 Å². The number of hydrogen-bond donors (Lipinski definition) is 1. The van der Waals surface area contributed by atoms with Gasteiger partial charge < -0.3 is 9.72 Å². The number of rotatable bonds is 5. The molecule has 0 saturated carbocycles. The van der Waals surface area contributed by atoms with Gasteiger partial charge in [0, 0.05) is 18.9 Å². The van der Waals surface area contributed by atoms with Crippen LogP contribution in [0.15, 0.2) is 18.3 Å². The molecule has 1 N–H and O–H groups in total. The van der Waals surface area contributed by atoms with E-state index in [1.165, 1.54) is 18.7 Å². The molecule has 5 heteroatoms. The number of ether oxygens (including phenoxy) is 1. The SMILES string of the molecule is CCOC(=O)c1cc(C=CCSC(C)=O)c[nH]1. The number of thioether (sulfide) groups is 1. The van der Waals surface area contributed by atoms with Crippen molar-refractivity contribution in [2.24, 2.45) is 0 Å². The van der Waals surface area contributed by atoms with Gasteiger partial charge in [-0.15, -0.1) is 0 Å². The summed E-state index contributed by atoms with van der Waals surface area (Å²) >= 11 is 1.24. The number of carbonyl (C=O) groups is 2. The quantitative estimate of drug-likeness (QED) is 0.819. The van der Waals surface area contributed by atoms with Crippen LogP contribution >= 0.6 is 11.8 Å². The first-order valence-electron chi connectivity index (χ1n) is 5.29. The number of hydrogen-bond acceptors (Lipinski definition) is 4. The first kappa shape index (κ1) is 13.6. The Hall–Kier alpha value is -1.49. The molecule has 0 aliphatic heterocycles. The lowest BCUT2D eigenvalue weighted by molar-refractivity contribution is -0.109. The van der Waals surface area contributed by atoms with Gasteiger partial charge in [0.2, 0.25) is 0 Å². The van der Waals surface area contributed by atoms with Gasteiger partial charge >= 0.3 is 5.97 Å². The average Bonchev–Trinajstić information content (AvgIpc) is 2.73. The molecule has 0 fully saturated rings. The van der Waals surface area contributed by atoms with Gasteiger partial charge in [-0.25, -0.2) is 4.79 Å². The van der Waals surface area contributed by atoms with Crippen molar-refractivity contribution in [3.05, 3.63) is 29.6 Å². The minimum Gasteiger partial charge on any atom is -0.461 e. The summed E-state index contributed by atoms with van der Waals surface area (Å²) in [4.78, 5) is 24.9. The number of H-pyrrole nitrogens is 1. The molecule has 0 saturated heterocycles. The molecule has 0 bridgehead atoms. The molecule has 0 atom stereocenters. The van der Waals surface area contributed by atoms with Gasteiger partial charge in [0.25, 0.3) is 0 Å². The Bertz CT molecular complexity index is 423. The van der Waals surface area contributed by atoms with Crippen molar-refractivity contribution in [1.82, 2.24) is 4.98 Å². The molecular weight excluding hydrogens is 238 g/mol. The Morgan fingerprint density at radius 3 is 2.94 bits per heavy atom. The molecule has 0 unspecified atom stereocenters. The normalized spacial score (nSPS) is 10.7. The number of nitrogens with one attached hydrogen (secondary N) is 1. The summed E-state index contributed by atoms with van der Waals surface area (Å²) in [6.45, 7) is 3.66. The maximum atomic E-state index is 11.4. The fraction of sp³-hybridized carbons (Fsp3) is 0.333. The van der Waals surface area contributed by atoms with Crippen LogP contribution < -0.4 is 0 Å². The summed E-state index contributed by atoms with van der Waals surface area (Å²) in [7, 11) is 0. The van der Waals surface area contributed by atoms with E-state index in [1.807, 2.05) is 12.2 Å². The zero-order valence-corrected chi connectivity index (χ0v) is 10.7. The van der Waals surface area contributed by atoms with Crippen molar-refractivity contribution in [2.45, 2.75) is 13.8 Å². The van der Waals surface area contributed by atoms with Crippen molar-refractivity contribution >= 4 is 28.9 Å². The lowest BCUT2D eigenvalue weighted by atomic mass is 10.3. The highest BCUT2D eigenvalue weighted by molar-refractivity contribution is 8.13. The number of aromatic amines is 1. The van der Waals surface area contributed by atoms with Gasteiger partial charge in [-0.1, -0.05) is 23.9 Å². The highest BCUT2D eigenvalue weighted by Gasteiger charge is 2.07. The summed E-state index contributed by atoms with van der Waals surface area (Å²) in [6.07, 6.45) is 5.46. The molecule has 1 aromatic rings. The van der Waals surface area contributed by atoms with E-state index >= 15 is 0 Å². The maximum Gasteiger partial charge on any atom is 0.354 e. The van der Waals surface area contributed by atoms with Gasteiger partial charge in [-0.05, 0) is 18.6 Å². The number of aromatic nitrogens is 1. The molecule has 17 heavy (non-hydrogen) atoms. The zero-order chi connectivity index (χ0) is 12.7. The third-order valence-electron chi connectivity index (χ3n) is 1.89. The standard InChI is InChI=1S/C12H15NO3S/c1-3-16-12(15)11-7-10(8-13-11)5-4-6-17-9(2)14/h4-5,7-8,13H,3,6H2,1-2H3. The molecule has 0 spiro atoms. The molecule has 0 aliphatic carbocycles. The van der Waals surface area contributed by atoms with Crippen LogP contribution in [0.5, 0.6) is 0 Å². The van der Waals surface area contributed by atoms with Crippen LogP contribution in [0, 0.1) is 0 Å². The topological polar surface area (TPSA) is 59.2 Å². The van der Waals surface area contributed by atoms with Gasteiger partial charge in [0.05, 0.1) is 6.61 Å². The average molecular weight is 253 g/mol. The Kier molecular flexibility index (Phi) is 5.56. The number of esters is 1. The highest BCUT2D eigenvalue weighted by atomic mass is 32.2. The Morgan fingerprint density at radius 1 is 1.53 bits per heavy atom. The minimum absolute atomic E-state index is 0.0935. The third-order valence-corrected chi connectivity index (χ3v) is 2.66. The fourth-order valence-electron chi connectivity index (χ4n) is 1.18. The summed E-state index contributed by atoms with van der Waals surface area (Å²) in [5.74, 6) is 0.278. The second-order valence-corrected chi connectivity index (χ2v) is 4.47. The molecule has 0 radical (unpaired) electrons. The molecule has 4 nitrogen and oxygen atoms in total. The molecule has 1 aromatic heterocycles. The molecule has 1 heterocycles. The number of carbonyl (C=O) groups excluding carboxylic acids is 2.